The average molecular weight is 288 g/mol. The molecule has 7 heteroatoms. The minimum Gasteiger partial charge on any atom is -0.491 e. The van der Waals surface area contributed by atoms with Crippen molar-refractivity contribution in [3.63, 3.8) is 0 Å². The van der Waals surface area contributed by atoms with Gasteiger partial charge in [0, 0.05) is 24.3 Å². The molecule has 0 bridgehead atoms. The van der Waals surface area contributed by atoms with Gasteiger partial charge in [0.25, 0.3) is 5.91 Å². The lowest BCUT2D eigenvalue weighted by molar-refractivity contribution is 0.0932. The Morgan fingerprint density at radius 2 is 2.26 bits per heavy atom. The quantitative estimate of drug-likeness (QED) is 0.750. The fourth-order valence-corrected chi connectivity index (χ4v) is 2.16. The number of aromatic nitrogens is 1. The minimum atomic E-state index is -0.315. The van der Waals surface area contributed by atoms with E-state index < -0.39 is 0 Å². The van der Waals surface area contributed by atoms with Crippen LogP contribution in [0.5, 0.6) is 5.75 Å². The number of nitrogens with one attached hydrogen (secondary N) is 2. The third kappa shape index (κ3) is 3.71. The van der Waals surface area contributed by atoms with Crippen LogP contribution < -0.4 is 21.2 Å². The van der Waals surface area contributed by atoms with E-state index in [1.54, 1.807) is 0 Å². The molecule has 0 aliphatic heterocycles. The lowest BCUT2D eigenvalue weighted by atomic mass is 10.2. The van der Waals surface area contributed by atoms with Crippen LogP contribution in [0.15, 0.2) is 17.1 Å². The largest absolute Gasteiger partial charge is 0.491 e. The number of halogens is 1. The summed E-state index contributed by atoms with van der Waals surface area (Å²) in [5.74, 6) is -0.0942. The predicted octanol–water partition coefficient (Wildman–Crippen LogP) is 0.415. The molecule has 2 rings (SSSR count). The maximum atomic E-state index is 11.9. The smallest absolute Gasteiger partial charge is 0.268 e. The molecular weight excluding hydrogens is 270 g/mol. The van der Waals surface area contributed by atoms with Crippen LogP contribution in [0.4, 0.5) is 0 Å². The Bertz CT molecular complexity index is 503. The molecule has 0 saturated heterocycles. The third-order valence-electron chi connectivity index (χ3n) is 3.15. The number of hydrogen-bond acceptors (Lipinski definition) is 4. The number of aromatic amines is 1. The second-order valence-corrected chi connectivity index (χ2v) is 4.52. The van der Waals surface area contributed by atoms with Crippen molar-refractivity contribution < 1.29 is 9.53 Å². The molecule has 0 radical (unpaired) electrons. The fourth-order valence-electron chi connectivity index (χ4n) is 2.16. The second-order valence-electron chi connectivity index (χ2n) is 4.52. The summed E-state index contributed by atoms with van der Waals surface area (Å²) in [6.45, 7) is 0. The van der Waals surface area contributed by atoms with Crippen LogP contribution in [0.1, 0.15) is 29.8 Å². The van der Waals surface area contributed by atoms with Crippen LogP contribution in [-0.4, -0.2) is 30.1 Å². The molecule has 0 spiro atoms. The Morgan fingerprint density at radius 3 is 2.79 bits per heavy atom. The summed E-state index contributed by atoms with van der Waals surface area (Å²) in [5, 5.41) is 2.86. The molecule has 4 N–H and O–H groups in total. The number of nitrogens with two attached hydrogens (primary N) is 1. The van der Waals surface area contributed by atoms with Gasteiger partial charge in [-0.25, -0.2) is 0 Å². The Kier molecular flexibility index (Phi) is 5.38. The lowest BCUT2D eigenvalue weighted by Gasteiger charge is -2.12. The molecule has 1 aromatic heterocycles. The van der Waals surface area contributed by atoms with Crippen LogP contribution >= 0.6 is 12.4 Å². The number of rotatable bonds is 3. The van der Waals surface area contributed by atoms with Gasteiger partial charge in [0.1, 0.15) is 5.69 Å². The van der Waals surface area contributed by atoms with Crippen molar-refractivity contribution in [3.05, 3.63) is 28.2 Å². The molecule has 2 atom stereocenters. The van der Waals surface area contributed by atoms with Crippen LogP contribution in [0.25, 0.3) is 0 Å². The first kappa shape index (κ1) is 15.5. The van der Waals surface area contributed by atoms with E-state index in [1.807, 2.05) is 0 Å². The Hall–Kier alpha value is -1.53. The molecule has 1 aliphatic rings. The fraction of sp³-hybridized carbons (Fsp3) is 0.500. The molecule has 1 heterocycles. The van der Waals surface area contributed by atoms with Gasteiger partial charge in [0.05, 0.1) is 7.11 Å². The topological polar surface area (TPSA) is 97.2 Å². The summed E-state index contributed by atoms with van der Waals surface area (Å²) in [6.07, 6.45) is 3.97. The van der Waals surface area contributed by atoms with Crippen LogP contribution in [-0.2, 0) is 0 Å². The number of ether oxygens (including phenoxy) is 1. The van der Waals surface area contributed by atoms with Crippen LogP contribution in [0.2, 0.25) is 0 Å². The van der Waals surface area contributed by atoms with E-state index in [9.17, 15) is 9.59 Å². The summed E-state index contributed by atoms with van der Waals surface area (Å²) >= 11 is 0. The minimum absolute atomic E-state index is 0. The third-order valence-corrected chi connectivity index (χ3v) is 3.15. The molecule has 0 aromatic carbocycles. The maximum absolute atomic E-state index is 11.9. The first-order valence-corrected chi connectivity index (χ1v) is 5.93. The highest BCUT2D eigenvalue weighted by atomic mass is 35.5. The maximum Gasteiger partial charge on any atom is 0.268 e. The molecule has 1 aromatic rings. The SMILES string of the molecule is COc1c[nH]c(C(=O)N[C@@H]2CC[C@@H](N)C2)cc1=O.Cl. The van der Waals surface area contributed by atoms with Gasteiger partial charge in [-0.15, -0.1) is 12.4 Å². The molecule has 19 heavy (non-hydrogen) atoms. The van der Waals surface area contributed by atoms with Crippen molar-refractivity contribution in [2.24, 2.45) is 5.73 Å². The molecule has 1 saturated carbocycles. The van der Waals surface area contributed by atoms with Crippen molar-refractivity contribution >= 4 is 18.3 Å². The second kappa shape index (κ2) is 6.58. The molecule has 1 amide bonds. The Balaban J connectivity index is 0.00000180. The number of hydrogen-bond donors (Lipinski definition) is 3. The van der Waals surface area contributed by atoms with Crippen molar-refractivity contribution in [1.29, 1.82) is 0 Å². The molecule has 6 nitrogen and oxygen atoms in total. The van der Waals surface area contributed by atoms with Gasteiger partial charge in [-0.05, 0) is 19.3 Å². The Morgan fingerprint density at radius 1 is 1.53 bits per heavy atom. The molecule has 1 aliphatic carbocycles. The predicted molar refractivity (Wildman–Crippen MR) is 73.9 cm³/mol. The van der Waals surface area contributed by atoms with Gasteiger partial charge < -0.3 is 20.8 Å². The highest BCUT2D eigenvalue weighted by Crippen LogP contribution is 2.17. The number of carbonyl (C=O) groups is 1. The zero-order valence-corrected chi connectivity index (χ0v) is 11.5. The number of H-pyrrole nitrogens is 1. The van der Waals surface area contributed by atoms with Gasteiger partial charge in [0.15, 0.2) is 5.75 Å². The summed E-state index contributed by atoms with van der Waals surface area (Å²) in [4.78, 5) is 26.2. The number of amides is 1. The standard InChI is InChI=1S/C12H17N3O3.ClH/c1-18-11-6-14-9(5-10(11)16)12(17)15-8-3-2-7(13)4-8;/h5-8H,2-4,13H2,1H3,(H,14,16)(H,15,17);1H/t7-,8-;/m1./s1. The van der Waals surface area contributed by atoms with Crippen LogP contribution in [0, 0.1) is 0 Å². The summed E-state index contributed by atoms with van der Waals surface area (Å²) in [7, 11) is 1.41. The Labute approximate surface area is 117 Å². The van der Waals surface area contributed by atoms with E-state index in [0.29, 0.717) is 0 Å². The van der Waals surface area contributed by atoms with Gasteiger partial charge >= 0.3 is 0 Å². The highest BCUT2D eigenvalue weighted by molar-refractivity contribution is 5.92. The van der Waals surface area contributed by atoms with E-state index in [2.05, 4.69) is 10.3 Å². The van der Waals surface area contributed by atoms with Gasteiger partial charge in [-0.2, -0.15) is 0 Å². The van der Waals surface area contributed by atoms with Crippen molar-refractivity contribution in [2.45, 2.75) is 31.3 Å². The van der Waals surface area contributed by atoms with E-state index in [-0.39, 0.29) is 47.3 Å². The first-order valence-electron chi connectivity index (χ1n) is 5.93. The first-order chi connectivity index (χ1) is 8.60. The molecular formula is C12H18ClN3O3. The van der Waals surface area contributed by atoms with E-state index in [4.69, 9.17) is 10.5 Å². The molecule has 106 valence electrons. The van der Waals surface area contributed by atoms with Crippen molar-refractivity contribution in [2.75, 3.05) is 7.11 Å². The van der Waals surface area contributed by atoms with Crippen LogP contribution in [0.3, 0.4) is 0 Å². The zero-order chi connectivity index (χ0) is 13.1. The van der Waals surface area contributed by atoms with E-state index in [1.165, 1.54) is 19.4 Å². The highest BCUT2D eigenvalue weighted by Gasteiger charge is 2.23. The summed E-state index contributed by atoms with van der Waals surface area (Å²) in [6, 6.07) is 1.49. The van der Waals surface area contributed by atoms with E-state index in [0.717, 1.165) is 19.3 Å². The van der Waals surface area contributed by atoms with Gasteiger partial charge in [-0.1, -0.05) is 0 Å². The zero-order valence-electron chi connectivity index (χ0n) is 10.6. The summed E-state index contributed by atoms with van der Waals surface area (Å²) in [5.41, 5.74) is 5.70. The van der Waals surface area contributed by atoms with E-state index >= 15 is 0 Å². The summed E-state index contributed by atoms with van der Waals surface area (Å²) < 4.78 is 4.84. The average Bonchev–Trinajstić information content (AvgIpc) is 2.74. The molecule has 0 unspecified atom stereocenters. The number of pyridine rings is 1. The lowest BCUT2D eigenvalue weighted by Crippen LogP contribution is -2.35. The molecule has 1 fully saturated rings. The van der Waals surface area contributed by atoms with Crippen molar-refractivity contribution in [3.8, 4) is 5.75 Å². The normalized spacial score (nSPS) is 21.6. The monoisotopic (exact) mass is 287 g/mol. The van der Waals surface area contributed by atoms with Gasteiger partial charge in [0.2, 0.25) is 5.43 Å². The van der Waals surface area contributed by atoms with Gasteiger partial charge in [-0.3, -0.25) is 9.59 Å². The number of carbonyl (C=O) groups excluding carboxylic acids is 1. The van der Waals surface area contributed by atoms with Crippen molar-refractivity contribution in [1.82, 2.24) is 10.3 Å². The number of methoxy groups -OCH3 is 1.